The van der Waals surface area contributed by atoms with Crippen molar-refractivity contribution in [2.45, 2.75) is 25.8 Å². The molecule has 102 valence electrons. The second-order valence-electron chi connectivity index (χ2n) is 5.34. The van der Waals surface area contributed by atoms with E-state index in [1.165, 1.54) is 12.8 Å². The van der Waals surface area contributed by atoms with E-state index in [1.807, 2.05) is 36.2 Å². The van der Waals surface area contributed by atoms with E-state index in [-0.39, 0.29) is 0 Å². The van der Waals surface area contributed by atoms with Gasteiger partial charge >= 0.3 is 0 Å². The summed E-state index contributed by atoms with van der Waals surface area (Å²) < 4.78 is 1.90. The lowest BCUT2D eigenvalue weighted by Crippen LogP contribution is -2.44. The van der Waals surface area contributed by atoms with Crippen LogP contribution < -0.4 is 10.2 Å². The maximum absolute atomic E-state index is 4.57. The molecule has 19 heavy (non-hydrogen) atoms. The molecule has 0 spiro atoms. The molecule has 0 amide bonds. The molecule has 0 aromatic carbocycles. The van der Waals surface area contributed by atoms with E-state index in [0.29, 0.717) is 12.0 Å². The minimum absolute atomic E-state index is 0.549. The number of fused-ring (bicyclic) bond motifs is 1. The molecule has 2 unspecified atom stereocenters. The van der Waals surface area contributed by atoms with Crippen LogP contribution in [0.5, 0.6) is 0 Å². The topological polar surface area (TPSA) is 45.5 Å². The Bertz CT molecular complexity index is 550. The van der Waals surface area contributed by atoms with E-state index in [4.69, 9.17) is 0 Å². The third-order valence-electron chi connectivity index (χ3n) is 4.22. The van der Waals surface area contributed by atoms with Gasteiger partial charge in [-0.3, -0.25) is 0 Å². The molecule has 3 heterocycles. The number of hydrogen-bond acceptors (Lipinski definition) is 4. The molecule has 1 N–H and O–H groups in total. The summed E-state index contributed by atoms with van der Waals surface area (Å²) >= 11 is 0. The van der Waals surface area contributed by atoms with Gasteiger partial charge in [0.05, 0.1) is 6.20 Å². The van der Waals surface area contributed by atoms with Gasteiger partial charge < -0.3 is 10.2 Å². The van der Waals surface area contributed by atoms with Crippen LogP contribution in [-0.2, 0) is 0 Å². The van der Waals surface area contributed by atoms with Crippen molar-refractivity contribution in [1.82, 2.24) is 19.9 Å². The Hall–Kier alpha value is -1.62. The number of piperidine rings is 1. The van der Waals surface area contributed by atoms with Gasteiger partial charge in [-0.1, -0.05) is 0 Å². The van der Waals surface area contributed by atoms with Crippen molar-refractivity contribution >= 4 is 11.3 Å². The Kier molecular flexibility index (Phi) is 3.38. The third-order valence-corrected chi connectivity index (χ3v) is 4.22. The van der Waals surface area contributed by atoms with Gasteiger partial charge in [0.2, 0.25) is 0 Å². The Labute approximate surface area is 113 Å². The number of anilines is 1. The van der Waals surface area contributed by atoms with Gasteiger partial charge in [-0.25, -0.2) is 9.50 Å². The molecule has 3 rings (SSSR count). The molecule has 2 atom stereocenters. The van der Waals surface area contributed by atoms with Gasteiger partial charge in [0.15, 0.2) is 5.82 Å². The van der Waals surface area contributed by atoms with Crippen LogP contribution in [0.2, 0.25) is 0 Å². The van der Waals surface area contributed by atoms with Crippen molar-refractivity contribution in [3.8, 4) is 0 Å². The van der Waals surface area contributed by atoms with Crippen molar-refractivity contribution in [2.24, 2.45) is 5.92 Å². The lowest BCUT2D eigenvalue weighted by Gasteiger charge is -2.36. The van der Waals surface area contributed by atoms with Crippen molar-refractivity contribution in [3.63, 3.8) is 0 Å². The maximum atomic E-state index is 4.57. The molecular formula is C14H21N5. The van der Waals surface area contributed by atoms with Crippen molar-refractivity contribution in [1.29, 1.82) is 0 Å². The molecule has 0 radical (unpaired) electrons. The first-order chi connectivity index (χ1) is 9.29. The summed E-state index contributed by atoms with van der Waals surface area (Å²) in [6, 6.07) is 2.58. The van der Waals surface area contributed by atoms with Gasteiger partial charge in [0, 0.05) is 31.5 Å². The first kappa shape index (κ1) is 12.4. The minimum atomic E-state index is 0.549. The summed E-state index contributed by atoms with van der Waals surface area (Å²) in [5, 5.41) is 7.66. The zero-order valence-electron chi connectivity index (χ0n) is 11.6. The van der Waals surface area contributed by atoms with Crippen molar-refractivity contribution in [2.75, 3.05) is 25.0 Å². The van der Waals surface area contributed by atoms with Crippen molar-refractivity contribution in [3.05, 3.63) is 24.7 Å². The van der Waals surface area contributed by atoms with Crippen LogP contribution in [-0.4, -0.2) is 40.8 Å². The number of nitrogens with one attached hydrogen (secondary N) is 1. The number of nitrogens with zero attached hydrogens (tertiary/aromatic N) is 4. The first-order valence-corrected chi connectivity index (χ1v) is 7.00. The van der Waals surface area contributed by atoms with Crippen LogP contribution >= 0.6 is 0 Å². The number of rotatable bonds is 3. The summed E-state index contributed by atoms with van der Waals surface area (Å²) in [5.74, 6) is 1.75. The zero-order chi connectivity index (χ0) is 13.2. The number of aromatic nitrogens is 3. The molecule has 5 nitrogen and oxygen atoms in total. The summed E-state index contributed by atoms with van der Waals surface area (Å²) in [5.41, 5.74) is 1.10. The second-order valence-corrected chi connectivity index (χ2v) is 5.34. The lowest BCUT2D eigenvalue weighted by molar-refractivity contribution is 0.332. The van der Waals surface area contributed by atoms with Crippen molar-refractivity contribution < 1.29 is 0 Å². The Morgan fingerprint density at radius 1 is 1.42 bits per heavy atom. The summed E-state index contributed by atoms with van der Waals surface area (Å²) in [6.07, 6.45) is 8.09. The summed E-state index contributed by atoms with van der Waals surface area (Å²) in [6.45, 7) is 4.42. The SMILES string of the molecule is CNC(C)C1CCCN(c2nccn3nccc23)C1. The summed E-state index contributed by atoms with van der Waals surface area (Å²) in [7, 11) is 2.04. The first-order valence-electron chi connectivity index (χ1n) is 7.00. The molecule has 1 aliphatic heterocycles. The Morgan fingerprint density at radius 3 is 3.16 bits per heavy atom. The fourth-order valence-electron chi connectivity index (χ4n) is 2.93. The predicted octanol–water partition coefficient (Wildman–Crippen LogP) is 1.55. The molecule has 1 saturated heterocycles. The van der Waals surface area contributed by atoms with Crippen LogP contribution in [0.1, 0.15) is 19.8 Å². The molecule has 0 aliphatic carbocycles. The molecular weight excluding hydrogens is 238 g/mol. The molecule has 5 heteroatoms. The van der Waals surface area contributed by atoms with Crippen LogP contribution in [0, 0.1) is 5.92 Å². The highest BCUT2D eigenvalue weighted by Crippen LogP contribution is 2.26. The fraction of sp³-hybridized carbons (Fsp3) is 0.571. The monoisotopic (exact) mass is 259 g/mol. The Balaban J connectivity index is 1.87. The van der Waals surface area contributed by atoms with E-state index in [0.717, 1.165) is 24.4 Å². The second kappa shape index (κ2) is 5.17. The molecule has 2 aromatic rings. The van der Waals surface area contributed by atoms with E-state index in [1.54, 1.807) is 0 Å². The molecule has 1 aliphatic rings. The summed E-state index contributed by atoms with van der Waals surface area (Å²) in [4.78, 5) is 6.97. The molecule has 0 saturated carbocycles. The average Bonchev–Trinajstić information content (AvgIpc) is 2.94. The van der Waals surface area contributed by atoms with Crippen LogP contribution in [0.25, 0.3) is 5.52 Å². The van der Waals surface area contributed by atoms with Gasteiger partial charge in [-0.05, 0) is 38.8 Å². The average molecular weight is 259 g/mol. The zero-order valence-corrected chi connectivity index (χ0v) is 11.6. The van der Waals surface area contributed by atoms with Gasteiger partial charge in [0.25, 0.3) is 0 Å². The fourth-order valence-corrected chi connectivity index (χ4v) is 2.93. The predicted molar refractivity (Wildman–Crippen MR) is 76.4 cm³/mol. The van der Waals surface area contributed by atoms with E-state index >= 15 is 0 Å². The lowest BCUT2D eigenvalue weighted by atomic mass is 9.91. The smallest absolute Gasteiger partial charge is 0.154 e. The quantitative estimate of drug-likeness (QED) is 0.908. The number of hydrogen-bond donors (Lipinski definition) is 1. The van der Waals surface area contributed by atoms with E-state index < -0.39 is 0 Å². The largest absolute Gasteiger partial charge is 0.354 e. The molecule has 0 bridgehead atoms. The highest BCUT2D eigenvalue weighted by Gasteiger charge is 2.25. The third kappa shape index (κ3) is 2.30. The highest BCUT2D eigenvalue weighted by molar-refractivity contribution is 5.68. The minimum Gasteiger partial charge on any atom is -0.354 e. The molecule has 2 aromatic heterocycles. The van der Waals surface area contributed by atoms with Gasteiger partial charge in [0.1, 0.15) is 5.52 Å². The van der Waals surface area contributed by atoms with Crippen LogP contribution in [0.15, 0.2) is 24.7 Å². The maximum Gasteiger partial charge on any atom is 0.154 e. The standard InChI is InChI=1S/C14H21N5/c1-11(15-2)12-4-3-8-18(10-12)14-13-5-6-17-19(13)9-7-16-14/h5-7,9,11-12,15H,3-4,8,10H2,1-2H3. The molecule has 1 fully saturated rings. The van der Waals surface area contributed by atoms with E-state index in [9.17, 15) is 0 Å². The van der Waals surface area contributed by atoms with Crippen LogP contribution in [0.4, 0.5) is 5.82 Å². The van der Waals surface area contributed by atoms with Crippen LogP contribution in [0.3, 0.4) is 0 Å². The van der Waals surface area contributed by atoms with Gasteiger partial charge in [-0.15, -0.1) is 0 Å². The highest BCUT2D eigenvalue weighted by atomic mass is 15.3. The van der Waals surface area contributed by atoms with E-state index in [2.05, 4.69) is 27.2 Å². The van der Waals surface area contributed by atoms with Gasteiger partial charge in [-0.2, -0.15) is 5.10 Å². The normalized spacial score (nSPS) is 21.8. The Morgan fingerprint density at radius 2 is 2.32 bits per heavy atom.